The van der Waals surface area contributed by atoms with Crippen molar-refractivity contribution in [1.82, 2.24) is 4.98 Å². The lowest BCUT2D eigenvalue weighted by atomic mass is 9.82. The first-order chi connectivity index (χ1) is 41.9. The van der Waals surface area contributed by atoms with Gasteiger partial charge in [0.25, 0.3) is 0 Å². The topological polar surface area (TPSA) is 205 Å². The van der Waals surface area contributed by atoms with Gasteiger partial charge in [0.15, 0.2) is 0 Å². The molecular weight excluding hydrogens is 1110 g/mol. The van der Waals surface area contributed by atoms with Crippen LogP contribution >= 0.6 is 11.3 Å². The van der Waals surface area contributed by atoms with Crippen LogP contribution in [0.2, 0.25) is 0 Å². The van der Waals surface area contributed by atoms with E-state index in [0.29, 0.717) is 111 Å². The number of hydrazone groups is 1. The highest BCUT2D eigenvalue weighted by atomic mass is 32.1. The molecule has 0 spiro atoms. The number of ether oxygens (including phenoxy) is 8. The SMILES string of the molecule is C#CN(/N=C/c1cc(OC(=O)C2CCC(C(=O)Oc3ccc(OCCCCCCOC(=O)C=C)cc3)CC2)ccc1OC(=O)C1CCC(C(=O)Oc2ccc(OCCCCCCOC(=O)C=C)cc2)CC1)c1nc2ccccc2s1.CCCCCC. The van der Waals surface area contributed by atoms with Gasteiger partial charge in [0.2, 0.25) is 5.13 Å². The number of carbonyl (C=O) groups is 6. The molecule has 2 fully saturated rings. The second-order valence-electron chi connectivity index (χ2n) is 21.0. The van der Waals surface area contributed by atoms with Crippen LogP contribution in [0.25, 0.3) is 10.2 Å². The van der Waals surface area contributed by atoms with Crippen molar-refractivity contribution >= 4 is 68.7 Å². The minimum Gasteiger partial charge on any atom is -0.494 e. The monoisotopic (exact) mass is 1200 g/mol. The number of esters is 6. The van der Waals surface area contributed by atoms with Gasteiger partial charge in [-0.05, 0) is 182 Å². The third-order valence-corrected chi connectivity index (χ3v) is 15.6. The molecule has 0 atom stereocenters. The van der Waals surface area contributed by atoms with Crippen molar-refractivity contribution in [3.8, 4) is 47.0 Å². The zero-order valence-electron chi connectivity index (χ0n) is 49.6. The van der Waals surface area contributed by atoms with Crippen LogP contribution in [0.4, 0.5) is 5.13 Å². The lowest BCUT2D eigenvalue weighted by molar-refractivity contribution is -0.145. The molecule has 0 bridgehead atoms. The van der Waals surface area contributed by atoms with Gasteiger partial charge >= 0.3 is 35.8 Å². The fourth-order valence-corrected chi connectivity index (χ4v) is 10.5. The Hall–Kier alpha value is -8.30. The number of fused-ring (bicyclic) bond motifs is 1. The van der Waals surface area contributed by atoms with Crippen molar-refractivity contribution in [2.45, 2.75) is 142 Å². The number of benzene rings is 4. The fraction of sp³-hybridized carbons (Fsp3) is 0.441. The average molecular weight is 1200 g/mol. The first-order valence-electron chi connectivity index (χ1n) is 30.1. The Bertz CT molecular complexity index is 3010. The Labute approximate surface area is 509 Å². The van der Waals surface area contributed by atoms with Crippen LogP contribution in [0.3, 0.4) is 0 Å². The van der Waals surface area contributed by atoms with Gasteiger partial charge < -0.3 is 37.9 Å². The summed E-state index contributed by atoms with van der Waals surface area (Å²) in [4.78, 5) is 80.7. The molecule has 5 aromatic rings. The lowest BCUT2D eigenvalue weighted by Gasteiger charge is -2.26. The number of carbonyl (C=O) groups excluding carboxylic acids is 6. The Morgan fingerprint density at radius 3 is 1.38 bits per heavy atom. The maximum Gasteiger partial charge on any atom is 0.330 e. The van der Waals surface area contributed by atoms with E-state index in [-0.39, 0.29) is 23.4 Å². The molecule has 2 aliphatic rings. The summed E-state index contributed by atoms with van der Waals surface area (Å²) in [6.07, 6.45) is 25.4. The van der Waals surface area contributed by atoms with E-state index in [1.54, 1.807) is 60.7 Å². The Morgan fingerprint density at radius 1 is 0.547 bits per heavy atom. The lowest BCUT2D eigenvalue weighted by Crippen LogP contribution is -2.30. The minimum atomic E-state index is -0.494. The molecule has 2 saturated carbocycles. The molecule has 0 saturated heterocycles. The number of rotatable bonds is 32. The molecule has 0 amide bonds. The Morgan fingerprint density at radius 2 is 0.953 bits per heavy atom. The van der Waals surface area contributed by atoms with Gasteiger partial charge in [0.05, 0.1) is 66.5 Å². The summed E-state index contributed by atoms with van der Waals surface area (Å²) in [5.41, 5.74) is 1.06. The summed E-state index contributed by atoms with van der Waals surface area (Å²) in [5.74, 6) is -1.82. The molecular formula is C68H81N3O14S. The third-order valence-electron chi connectivity index (χ3n) is 14.6. The number of para-hydroxylation sites is 1. The standard InChI is InChI=1S/C62H67N3O14S.C6H14/c1-4-56(66)74-39-15-9-7-13-37-72-48-27-31-50(32-28-48)76-58(68)43-19-21-45(22-20-43)60(70)78-52-35-36-54(47(41-52)42-63-65(6-3)62-64-53-17-11-12-18-55(53)80-62)79-61(71)46-25-23-44(24-26-46)59(69)77-51-33-29-49(30-34-51)73-38-14-8-10-16-40-75-57(67)5-2;1-3-5-6-4-2/h3-5,11-12,17-18,27-36,41-46H,1-2,7-10,13-16,19-26,37-40H2;3-6H2,1-2H3/b63-42+;. The number of unbranched alkanes of at least 4 members (excludes halogenated alkanes) is 9. The van der Waals surface area contributed by atoms with Crippen LogP contribution in [0.15, 0.2) is 121 Å². The van der Waals surface area contributed by atoms with E-state index in [2.05, 4.69) is 43.1 Å². The van der Waals surface area contributed by atoms with Crippen molar-refractivity contribution in [2.24, 2.45) is 28.8 Å². The van der Waals surface area contributed by atoms with Gasteiger partial charge in [-0.1, -0.05) is 82.6 Å². The predicted molar refractivity (Wildman–Crippen MR) is 331 cm³/mol. The number of hydrogen-bond donors (Lipinski definition) is 0. The molecule has 1 heterocycles. The number of hydrogen-bond acceptors (Lipinski definition) is 18. The van der Waals surface area contributed by atoms with E-state index in [9.17, 15) is 28.8 Å². The summed E-state index contributed by atoms with van der Waals surface area (Å²) in [6, 6.07) is 28.5. The van der Waals surface area contributed by atoms with Gasteiger partial charge in [0, 0.05) is 23.8 Å². The van der Waals surface area contributed by atoms with Crippen molar-refractivity contribution in [3.05, 3.63) is 122 Å². The molecule has 458 valence electrons. The predicted octanol–water partition coefficient (Wildman–Crippen LogP) is 14.3. The second-order valence-corrected chi connectivity index (χ2v) is 22.1. The summed E-state index contributed by atoms with van der Waals surface area (Å²) in [5, 5.41) is 6.23. The second kappa shape index (κ2) is 37.2. The molecule has 2 aliphatic carbocycles. The van der Waals surface area contributed by atoms with E-state index in [0.717, 1.165) is 73.7 Å². The summed E-state index contributed by atoms with van der Waals surface area (Å²) >= 11 is 1.35. The molecule has 4 aromatic carbocycles. The van der Waals surface area contributed by atoms with Crippen molar-refractivity contribution in [3.63, 3.8) is 0 Å². The first-order valence-corrected chi connectivity index (χ1v) is 30.9. The zero-order valence-corrected chi connectivity index (χ0v) is 50.4. The van der Waals surface area contributed by atoms with Crippen LogP contribution < -0.4 is 33.4 Å². The Kier molecular flexibility index (Phi) is 28.9. The van der Waals surface area contributed by atoms with Gasteiger partial charge in [-0.25, -0.2) is 14.6 Å². The summed E-state index contributed by atoms with van der Waals surface area (Å²) in [7, 11) is 0. The minimum absolute atomic E-state index is 0.160. The quantitative estimate of drug-likeness (QED) is 0.00574. The van der Waals surface area contributed by atoms with Crippen molar-refractivity contribution < 1.29 is 66.7 Å². The van der Waals surface area contributed by atoms with E-state index in [4.69, 9.17) is 44.3 Å². The maximum atomic E-state index is 13.8. The molecule has 0 unspecified atom stereocenters. The van der Waals surface area contributed by atoms with Crippen LogP contribution in [0.5, 0.6) is 34.5 Å². The van der Waals surface area contributed by atoms with Crippen LogP contribution in [0, 0.1) is 36.1 Å². The smallest absolute Gasteiger partial charge is 0.330 e. The van der Waals surface area contributed by atoms with E-state index >= 15 is 0 Å². The molecule has 17 nitrogen and oxygen atoms in total. The number of nitrogens with zero attached hydrogens (tertiary/aromatic N) is 3. The molecule has 0 N–H and O–H groups in total. The summed E-state index contributed by atoms with van der Waals surface area (Å²) < 4.78 is 45.9. The Balaban J connectivity index is 0.00000187. The third kappa shape index (κ3) is 22.9. The van der Waals surface area contributed by atoms with Crippen LogP contribution in [-0.2, 0) is 38.2 Å². The maximum absolute atomic E-state index is 13.8. The molecule has 0 radical (unpaired) electrons. The first kappa shape index (κ1) is 66.8. The molecule has 18 heteroatoms. The van der Waals surface area contributed by atoms with Crippen LogP contribution in [0.1, 0.15) is 148 Å². The number of terminal acetylenes is 1. The van der Waals surface area contributed by atoms with Gasteiger partial charge in [-0.3, -0.25) is 19.2 Å². The fourth-order valence-electron chi connectivity index (χ4n) is 9.58. The highest BCUT2D eigenvalue weighted by Gasteiger charge is 2.34. The highest BCUT2D eigenvalue weighted by Crippen LogP contribution is 2.36. The van der Waals surface area contributed by atoms with E-state index in [1.165, 1.54) is 54.3 Å². The van der Waals surface area contributed by atoms with Crippen molar-refractivity contribution in [1.29, 1.82) is 0 Å². The highest BCUT2D eigenvalue weighted by molar-refractivity contribution is 7.22. The molecule has 7 rings (SSSR count). The zero-order chi connectivity index (χ0) is 61.3. The number of thiazole rings is 1. The van der Waals surface area contributed by atoms with Gasteiger partial charge in [-0.2, -0.15) is 10.1 Å². The normalized spacial score (nSPS) is 16.2. The van der Waals surface area contributed by atoms with E-state index in [1.807, 2.05) is 24.3 Å². The van der Waals surface area contributed by atoms with Crippen molar-refractivity contribution in [2.75, 3.05) is 31.4 Å². The number of anilines is 1. The molecule has 0 aliphatic heterocycles. The van der Waals surface area contributed by atoms with E-state index < -0.39 is 47.5 Å². The average Bonchev–Trinajstić information content (AvgIpc) is 2.69. The molecule has 1 aromatic heterocycles. The van der Waals surface area contributed by atoms with Crippen LogP contribution in [-0.4, -0.2) is 73.4 Å². The number of aromatic nitrogens is 1. The summed E-state index contributed by atoms with van der Waals surface area (Å²) in [6.45, 7) is 13.0. The van der Waals surface area contributed by atoms with Gasteiger partial charge in [-0.15, -0.1) is 0 Å². The largest absolute Gasteiger partial charge is 0.494 e. The van der Waals surface area contributed by atoms with Gasteiger partial charge in [0.1, 0.15) is 34.5 Å². The molecule has 86 heavy (non-hydrogen) atoms.